The van der Waals surface area contributed by atoms with Gasteiger partial charge in [0.05, 0.1) is 10.7 Å². The molecule has 0 aromatic heterocycles. The van der Waals surface area contributed by atoms with E-state index in [1.165, 1.54) is 24.1 Å². The third-order valence-electron chi connectivity index (χ3n) is 2.33. The van der Waals surface area contributed by atoms with Crippen molar-refractivity contribution in [2.45, 2.75) is 5.75 Å². The number of nitrogens with zero attached hydrogens (tertiary/aromatic N) is 1. The molecular weight excluding hydrogens is 290 g/mol. The van der Waals surface area contributed by atoms with Crippen LogP contribution in [0.25, 0.3) is 0 Å². The number of nitrogens with one attached hydrogen (secondary N) is 1. The predicted octanol–water partition coefficient (Wildman–Crippen LogP) is 1.16. The van der Waals surface area contributed by atoms with E-state index in [4.69, 9.17) is 5.84 Å². The molecule has 0 unspecified atom stereocenters. The van der Waals surface area contributed by atoms with Gasteiger partial charge in [0.15, 0.2) is 0 Å². The van der Waals surface area contributed by atoms with Gasteiger partial charge >= 0.3 is 0 Å². The van der Waals surface area contributed by atoms with E-state index in [0.717, 1.165) is 0 Å². The first-order chi connectivity index (χ1) is 8.85. The monoisotopic (exact) mass is 305 g/mol. The van der Waals surface area contributed by atoms with Gasteiger partial charge in [-0.15, -0.1) is 0 Å². The summed E-state index contributed by atoms with van der Waals surface area (Å²) < 4.78 is 21.9. The summed E-state index contributed by atoms with van der Waals surface area (Å²) in [6.45, 7) is 0. The Hall–Kier alpha value is -1.32. The summed E-state index contributed by atoms with van der Waals surface area (Å²) in [5, 5.41) is 10.8. The summed E-state index contributed by atoms with van der Waals surface area (Å²) in [4.78, 5) is 10.3. The maximum atomic E-state index is 11.0. The number of benzene rings is 1. The van der Waals surface area contributed by atoms with Crippen molar-refractivity contribution in [2.75, 3.05) is 23.2 Å². The first kappa shape index (κ1) is 15.7. The van der Waals surface area contributed by atoms with Crippen molar-refractivity contribution in [3.8, 4) is 0 Å². The Morgan fingerprint density at radius 1 is 1.47 bits per heavy atom. The molecule has 3 N–H and O–H groups in total. The van der Waals surface area contributed by atoms with Crippen molar-refractivity contribution in [1.29, 1.82) is 0 Å². The first-order valence-electron chi connectivity index (χ1n) is 5.33. The molecule has 0 aliphatic heterocycles. The maximum Gasteiger partial charge on any atom is 0.293 e. The van der Waals surface area contributed by atoms with Crippen molar-refractivity contribution < 1.29 is 13.3 Å². The normalized spacial score (nSPS) is 11.3. The summed E-state index contributed by atoms with van der Waals surface area (Å²) in [6, 6.07) is 4.65. The zero-order chi connectivity index (χ0) is 14.5. The Morgan fingerprint density at radius 3 is 2.68 bits per heavy atom. The number of hydrogen-bond donors (Lipinski definition) is 2. The minimum atomic E-state index is -2.99. The maximum absolute atomic E-state index is 11.0. The van der Waals surface area contributed by atoms with Crippen molar-refractivity contribution in [1.82, 2.24) is 0 Å². The Kier molecular flexibility index (Phi) is 5.58. The summed E-state index contributed by atoms with van der Waals surface area (Å²) in [5.41, 5.74) is 3.18. The second-order valence-corrected chi connectivity index (χ2v) is 7.26. The van der Waals surface area contributed by atoms with E-state index in [0.29, 0.717) is 17.1 Å². The van der Waals surface area contributed by atoms with E-state index in [9.17, 15) is 18.5 Å². The largest absolute Gasteiger partial charge is 0.318 e. The number of thioether (sulfide) groups is 1. The molecule has 7 nitrogen and oxygen atoms in total. The van der Waals surface area contributed by atoms with Crippen molar-refractivity contribution >= 4 is 33.0 Å². The van der Waals surface area contributed by atoms with Crippen LogP contribution in [0.5, 0.6) is 0 Å². The summed E-state index contributed by atoms with van der Waals surface area (Å²) in [6.07, 6.45) is 1.17. The van der Waals surface area contributed by atoms with Gasteiger partial charge in [-0.1, -0.05) is 12.1 Å². The molecule has 1 aromatic rings. The van der Waals surface area contributed by atoms with Crippen LogP contribution >= 0.6 is 11.8 Å². The van der Waals surface area contributed by atoms with Crippen LogP contribution in [0.4, 0.5) is 11.4 Å². The van der Waals surface area contributed by atoms with Crippen molar-refractivity contribution in [3.63, 3.8) is 0 Å². The molecule has 0 aliphatic carbocycles. The molecule has 0 fully saturated rings. The van der Waals surface area contributed by atoms with Gasteiger partial charge in [0, 0.05) is 23.8 Å². The fourth-order valence-corrected chi connectivity index (χ4v) is 3.71. The number of nitrogens with two attached hydrogens (primary N) is 1. The Morgan fingerprint density at radius 2 is 2.16 bits per heavy atom. The molecule has 0 saturated carbocycles. The van der Waals surface area contributed by atoms with Gasteiger partial charge in [-0.25, -0.2) is 8.42 Å². The van der Waals surface area contributed by atoms with Crippen molar-refractivity contribution in [3.05, 3.63) is 33.9 Å². The molecule has 0 amide bonds. The van der Waals surface area contributed by atoms with Crippen LogP contribution in [0, 0.1) is 10.1 Å². The molecule has 19 heavy (non-hydrogen) atoms. The van der Waals surface area contributed by atoms with Gasteiger partial charge in [0.2, 0.25) is 0 Å². The number of hydrazine groups is 1. The SMILES string of the molecule is CS(=O)(=O)CCSCc1cccc([N+](=O)[O-])c1NN. The van der Waals surface area contributed by atoms with Crippen LogP contribution in [-0.2, 0) is 15.6 Å². The quantitative estimate of drug-likeness (QED) is 0.336. The van der Waals surface area contributed by atoms with Crippen molar-refractivity contribution in [2.24, 2.45) is 5.84 Å². The van der Waals surface area contributed by atoms with Crippen LogP contribution in [0.3, 0.4) is 0 Å². The molecule has 0 heterocycles. The molecule has 106 valence electrons. The third kappa shape index (κ3) is 5.05. The molecular formula is C10H15N3O4S2. The zero-order valence-electron chi connectivity index (χ0n) is 10.3. The zero-order valence-corrected chi connectivity index (χ0v) is 12.0. The van der Waals surface area contributed by atoms with E-state index in [2.05, 4.69) is 5.43 Å². The lowest BCUT2D eigenvalue weighted by Gasteiger charge is -2.08. The highest BCUT2D eigenvalue weighted by molar-refractivity contribution is 7.99. The number of para-hydroxylation sites is 1. The summed E-state index contributed by atoms with van der Waals surface area (Å²) in [5.74, 6) is 6.28. The molecule has 1 rings (SSSR count). The molecule has 9 heteroatoms. The molecule has 0 atom stereocenters. The minimum Gasteiger partial charge on any atom is -0.318 e. The summed E-state index contributed by atoms with van der Waals surface area (Å²) in [7, 11) is -2.99. The number of hydrogen-bond acceptors (Lipinski definition) is 7. The van der Waals surface area contributed by atoms with Gasteiger partial charge < -0.3 is 5.43 Å². The van der Waals surface area contributed by atoms with E-state index in [-0.39, 0.29) is 17.1 Å². The molecule has 0 bridgehead atoms. The average Bonchev–Trinajstić information content (AvgIpc) is 2.32. The Labute approximate surface area is 115 Å². The molecule has 1 aromatic carbocycles. The second-order valence-electron chi connectivity index (χ2n) is 3.90. The minimum absolute atomic E-state index is 0.0813. The van der Waals surface area contributed by atoms with Gasteiger partial charge in [0.25, 0.3) is 5.69 Å². The number of anilines is 1. The average molecular weight is 305 g/mol. The lowest BCUT2D eigenvalue weighted by molar-refractivity contribution is -0.384. The summed E-state index contributed by atoms with van der Waals surface area (Å²) >= 11 is 1.39. The highest BCUT2D eigenvalue weighted by Gasteiger charge is 2.16. The lowest BCUT2D eigenvalue weighted by Crippen LogP contribution is -2.11. The van der Waals surface area contributed by atoms with Crippen LogP contribution in [0.2, 0.25) is 0 Å². The van der Waals surface area contributed by atoms with E-state index >= 15 is 0 Å². The number of nitro benzene ring substituents is 1. The highest BCUT2D eigenvalue weighted by atomic mass is 32.2. The van der Waals surface area contributed by atoms with Gasteiger partial charge in [-0.3, -0.25) is 16.0 Å². The standard InChI is InChI=1S/C10H15N3O4S2/c1-19(16,17)6-5-18-7-8-3-2-4-9(13(14)15)10(8)12-11/h2-4,12H,5-7,11H2,1H3. The van der Waals surface area contributed by atoms with E-state index in [1.54, 1.807) is 12.1 Å². The fraction of sp³-hybridized carbons (Fsp3) is 0.400. The lowest BCUT2D eigenvalue weighted by atomic mass is 10.2. The number of sulfone groups is 1. The molecule has 0 radical (unpaired) electrons. The number of nitro groups is 1. The smallest absolute Gasteiger partial charge is 0.293 e. The fourth-order valence-electron chi connectivity index (χ4n) is 1.42. The number of rotatable bonds is 7. The molecule has 0 spiro atoms. The molecule has 0 aliphatic rings. The topological polar surface area (TPSA) is 115 Å². The Balaban J connectivity index is 2.73. The van der Waals surface area contributed by atoms with Gasteiger partial charge in [-0.05, 0) is 5.56 Å². The van der Waals surface area contributed by atoms with Crippen LogP contribution in [0.1, 0.15) is 5.56 Å². The highest BCUT2D eigenvalue weighted by Crippen LogP contribution is 2.29. The number of nitrogen functional groups attached to an aromatic ring is 1. The van der Waals surface area contributed by atoms with Gasteiger partial charge in [0.1, 0.15) is 15.5 Å². The van der Waals surface area contributed by atoms with Crippen LogP contribution in [0.15, 0.2) is 18.2 Å². The van der Waals surface area contributed by atoms with Gasteiger partial charge in [-0.2, -0.15) is 11.8 Å². The van der Waals surface area contributed by atoms with Crippen LogP contribution < -0.4 is 11.3 Å². The van der Waals surface area contributed by atoms with Crippen LogP contribution in [-0.4, -0.2) is 31.1 Å². The van der Waals surface area contributed by atoms with E-state index < -0.39 is 14.8 Å². The predicted molar refractivity (Wildman–Crippen MR) is 76.8 cm³/mol. The van der Waals surface area contributed by atoms with E-state index in [1.807, 2.05) is 0 Å². The first-order valence-corrected chi connectivity index (χ1v) is 8.55. The third-order valence-corrected chi connectivity index (χ3v) is 4.54. The Bertz CT molecular complexity index is 560. The molecule has 0 saturated heterocycles. The second kappa shape index (κ2) is 6.73.